The van der Waals surface area contributed by atoms with Crippen molar-refractivity contribution < 1.29 is 5.11 Å². The molecule has 0 spiro atoms. The summed E-state index contributed by atoms with van der Waals surface area (Å²) in [4.78, 5) is 0. The van der Waals surface area contributed by atoms with Crippen molar-refractivity contribution in [1.29, 1.82) is 0 Å². The van der Waals surface area contributed by atoms with Gasteiger partial charge in [-0.1, -0.05) is 44.5 Å². The third-order valence-electron chi connectivity index (χ3n) is 3.20. The van der Waals surface area contributed by atoms with Crippen molar-refractivity contribution in [2.24, 2.45) is 11.8 Å². The Morgan fingerprint density at radius 1 is 1.12 bits per heavy atom. The van der Waals surface area contributed by atoms with Crippen LogP contribution in [0.25, 0.3) is 0 Å². The lowest BCUT2D eigenvalue weighted by Crippen LogP contribution is -2.28. The molecule has 0 aliphatic rings. The first kappa shape index (κ1) is 14.5. The van der Waals surface area contributed by atoms with Crippen LogP contribution in [0.15, 0.2) is 24.3 Å². The van der Waals surface area contributed by atoms with Crippen LogP contribution in [-0.2, 0) is 0 Å². The molecule has 1 aromatic carbocycles. The molecule has 17 heavy (non-hydrogen) atoms. The Morgan fingerprint density at radius 3 is 2.24 bits per heavy atom. The SMILES string of the molecule is CC(C)C(C)CNCC(O)c1ccc(Cl)cc1. The maximum atomic E-state index is 9.96. The molecule has 0 aromatic heterocycles. The number of aliphatic hydroxyl groups is 1. The fourth-order valence-electron chi connectivity index (χ4n) is 1.49. The largest absolute Gasteiger partial charge is 0.387 e. The van der Waals surface area contributed by atoms with Gasteiger partial charge in [-0.05, 0) is 36.1 Å². The molecule has 0 saturated carbocycles. The second-order valence-corrected chi connectivity index (χ2v) is 5.38. The topological polar surface area (TPSA) is 32.3 Å². The summed E-state index contributed by atoms with van der Waals surface area (Å²) in [5.74, 6) is 1.28. The first-order valence-electron chi connectivity index (χ1n) is 6.15. The summed E-state index contributed by atoms with van der Waals surface area (Å²) in [5, 5.41) is 14.0. The van der Waals surface area contributed by atoms with Crippen LogP contribution in [0.5, 0.6) is 0 Å². The van der Waals surface area contributed by atoms with Gasteiger partial charge in [-0.15, -0.1) is 0 Å². The van der Waals surface area contributed by atoms with E-state index in [1.807, 2.05) is 12.1 Å². The average molecular weight is 256 g/mol. The Hall–Kier alpha value is -0.570. The van der Waals surface area contributed by atoms with E-state index in [-0.39, 0.29) is 0 Å². The molecule has 96 valence electrons. The number of benzene rings is 1. The minimum Gasteiger partial charge on any atom is -0.387 e. The van der Waals surface area contributed by atoms with Crippen LogP contribution in [0, 0.1) is 11.8 Å². The van der Waals surface area contributed by atoms with Gasteiger partial charge in [0.05, 0.1) is 6.10 Å². The quantitative estimate of drug-likeness (QED) is 0.818. The molecule has 0 fully saturated rings. The van der Waals surface area contributed by atoms with Crippen LogP contribution < -0.4 is 5.32 Å². The van der Waals surface area contributed by atoms with E-state index in [1.165, 1.54) is 0 Å². The van der Waals surface area contributed by atoms with Gasteiger partial charge in [-0.2, -0.15) is 0 Å². The van der Waals surface area contributed by atoms with Crippen LogP contribution in [0.4, 0.5) is 0 Å². The van der Waals surface area contributed by atoms with Gasteiger partial charge in [-0.3, -0.25) is 0 Å². The summed E-state index contributed by atoms with van der Waals surface area (Å²) >= 11 is 5.80. The minimum absolute atomic E-state index is 0.466. The molecule has 2 atom stereocenters. The van der Waals surface area contributed by atoms with Gasteiger partial charge in [0.25, 0.3) is 0 Å². The van der Waals surface area contributed by atoms with Gasteiger partial charge in [0.1, 0.15) is 0 Å². The van der Waals surface area contributed by atoms with Gasteiger partial charge >= 0.3 is 0 Å². The lowest BCUT2D eigenvalue weighted by atomic mass is 9.98. The van der Waals surface area contributed by atoms with E-state index in [9.17, 15) is 5.11 Å². The monoisotopic (exact) mass is 255 g/mol. The molecule has 2 unspecified atom stereocenters. The summed E-state index contributed by atoms with van der Waals surface area (Å²) < 4.78 is 0. The molecule has 0 saturated heterocycles. The maximum Gasteiger partial charge on any atom is 0.0914 e. The minimum atomic E-state index is -0.466. The van der Waals surface area contributed by atoms with Crippen LogP contribution in [0.3, 0.4) is 0 Å². The lowest BCUT2D eigenvalue weighted by Gasteiger charge is -2.18. The smallest absolute Gasteiger partial charge is 0.0914 e. The lowest BCUT2D eigenvalue weighted by molar-refractivity contribution is 0.171. The third-order valence-corrected chi connectivity index (χ3v) is 3.45. The second kappa shape index (κ2) is 7.00. The summed E-state index contributed by atoms with van der Waals surface area (Å²) in [6.07, 6.45) is -0.466. The fraction of sp³-hybridized carbons (Fsp3) is 0.571. The molecule has 0 amide bonds. The second-order valence-electron chi connectivity index (χ2n) is 4.95. The molecular weight excluding hydrogens is 234 g/mol. The Morgan fingerprint density at radius 2 is 1.71 bits per heavy atom. The van der Waals surface area contributed by atoms with Crippen LogP contribution in [-0.4, -0.2) is 18.2 Å². The molecular formula is C14H22ClNO. The number of hydrogen-bond donors (Lipinski definition) is 2. The highest BCUT2D eigenvalue weighted by molar-refractivity contribution is 6.30. The molecule has 0 bridgehead atoms. The van der Waals surface area contributed by atoms with Gasteiger partial charge in [-0.25, -0.2) is 0 Å². The fourth-order valence-corrected chi connectivity index (χ4v) is 1.61. The molecule has 2 nitrogen and oxygen atoms in total. The molecule has 0 radical (unpaired) electrons. The summed E-state index contributed by atoms with van der Waals surface area (Å²) in [7, 11) is 0. The molecule has 1 rings (SSSR count). The zero-order valence-electron chi connectivity index (χ0n) is 10.8. The molecule has 2 N–H and O–H groups in total. The van der Waals surface area contributed by atoms with Crippen molar-refractivity contribution in [2.45, 2.75) is 26.9 Å². The van der Waals surface area contributed by atoms with Gasteiger partial charge < -0.3 is 10.4 Å². The summed E-state index contributed by atoms with van der Waals surface area (Å²) in [6.45, 7) is 8.15. The van der Waals surface area contributed by atoms with E-state index < -0.39 is 6.10 Å². The summed E-state index contributed by atoms with van der Waals surface area (Å²) in [5.41, 5.74) is 0.902. The number of aliphatic hydroxyl groups excluding tert-OH is 1. The zero-order chi connectivity index (χ0) is 12.8. The first-order valence-corrected chi connectivity index (χ1v) is 6.52. The average Bonchev–Trinajstić information content (AvgIpc) is 2.29. The van der Waals surface area contributed by atoms with Crippen molar-refractivity contribution >= 4 is 11.6 Å². The predicted molar refractivity (Wildman–Crippen MR) is 73.3 cm³/mol. The maximum absolute atomic E-state index is 9.96. The van der Waals surface area contributed by atoms with Crippen molar-refractivity contribution in [1.82, 2.24) is 5.32 Å². The van der Waals surface area contributed by atoms with Crippen LogP contribution in [0.1, 0.15) is 32.4 Å². The van der Waals surface area contributed by atoms with E-state index >= 15 is 0 Å². The van der Waals surface area contributed by atoms with Gasteiger partial charge in [0.15, 0.2) is 0 Å². The van der Waals surface area contributed by atoms with Crippen molar-refractivity contribution in [2.75, 3.05) is 13.1 Å². The third kappa shape index (κ3) is 5.07. The zero-order valence-corrected chi connectivity index (χ0v) is 11.5. The highest BCUT2D eigenvalue weighted by Crippen LogP contribution is 2.16. The molecule has 0 heterocycles. The normalized spacial score (nSPS) is 14.9. The molecule has 0 aliphatic carbocycles. The van der Waals surface area contributed by atoms with E-state index in [1.54, 1.807) is 12.1 Å². The Balaban J connectivity index is 2.34. The van der Waals surface area contributed by atoms with Crippen molar-refractivity contribution in [3.05, 3.63) is 34.9 Å². The van der Waals surface area contributed by atoms with Crippen molar-refractivity contribution in [3.8, 4) is 0 Å². The first-order chi connectivity index (χ1) is 8.00. The van der Waals surface area contributed by atoms with E-state index in [0.717, 1.165) is 12.1 Å². The Bertz CT molecular complexity index is 323. The van der Waals surface area contributed by atoms with Crippen LogP contribution >= 0.6 is 11.6 Å². The van der Waals surface area contributed by atoms with Crippen molar-refractivity contribution in [3.63, 3.8) is 0 Å². The number of halogens is 1. The van der Waals surface area contributed by atoms with Gasteiger partial charge in [0, 0.05) is 11.6 Å². The molecule has 3 heteroatoms. The van der Waals surface area contributed by atoms with Crippen LogP contribution in [0.2, 0.25) is 5.02 Å². The molecule has 1 aromatic rings. The standard InChI is InChI=1S/C14H22ClNO/c1-10(2)11(3)8-16-9-14(17)12-4-6-13(15)7-5-12/h4-7,10-11,14,16-17H,8-9H2,1-3H3. The number of nitrogens with one attached hydrogen (secondary N) is 1. The highest BCUT2D eigenvalue weighted by atomic mass is 35.5. The van der Waals surface area contributed by atoms with E-state index in [2.05, 4.69) is 26.1 Å². The number of rotatable bonds is 6. The Labute approximate surface area is 109 Å². The van der Waals surface area contributed by atoms with E-state index in [4.69, 9.17) is 11.6 Å². The Kier molecular flexibility index (Phi) is 5.96. The number of hydrogen-bond acceptors (Lipinski definition) is 2. The predicted octanol–water partition coefficient (Wildman–Crippen LogP) is 3.26. The molecule has 0 aliphatic heterocycles. The van der Waals surface area contributed by atoms with Gasteiger partial charge in [0.2, 0.25) is 0 Å². The highest BCUT2D eigenvalue weighted by Gasteiger charge is 2.09. The van der Waals surface area contributed by atoms with E-state index in [0.29, 0.717) is 23.4 Å². The summed E-state index contributed by atoms with van der Waals surface area (Å²) in [6, 6.07) is 7.33.